The van der Waals surface area contributed by atoms with E-state index >= 15 is 0 Å². The quantitative estimate of drug-likeness (QED) is 0.622. The summed E-state index contributed by atoms with van der Waals surface area (Å²) in [5, 5.41) is 2.99. The van der Waals surface area contributed by atoms with E-state index in [-0.39, 0.29) is 5.56 Å². The number of nitrogens with one attached hydrogen (secondary N) is 1. The van der Waals surface area contributed by atoms with E-state index in [2.05, 4.69) is 10.3 Å². The number of fused-ring (bicyclic) bond motifs is 1. The van der Waals surface area contributed by atoms with Crippen molar-refractivity contribution in [3.8, 4) is 5.75 Å². The van der Waals surface area contributed by atoms with Gasteiger partial charge in [0.2, 0.25) is 11.7 Å². The second-order valence-electron chi connectivity index (χ2n) is 2.53. The van der Waals surface area contributed by atoms with E-state index in [0.29, 0.717) is 18.2 Å². The van der Waals surface area contributed by atoms with Gasteiger partial charge in [-0.05, 0) is 0 Å². The lowest BCUT2D eigenvalue weighted by Gasteiger charge is -2.02. The Labute approximate surface area is 69.0 Å². The minimum absolute atomic E-state index is 0.118. The molecule has 2 rings (SSSR count). The van der Waals surface area contributed by atoms with Crippen LogP contribution in [0.2, 0.25) is 0 Å². The Morgan fingerprint density at radius 3 is 3.33 bits per heavy atom. The highest BCUT2D eigenvalue weighted by Gasteiger charge is 2.14. The number of anilines is 1. The van der Waals surface area contributed by atoms with Gasteiger partial charge < -0.3 is 10.1 Å². The summed E-state index contributed by atoms with van der Waals surface area (Å²) in [6.45, 7) is 1.42. The predicted octanol–water partition coefficient (Wildman–Crippen LogP) is -0.323. The van der Waals surface area contributed by atoms with Gasteiger partial charge in [0.15, 0.2) is 0 Å². The average molecular weight is 167 g/mol. The number of ether oxygens (including phenoxy) is 1. The zero-order valence-corrected chi connectivity index (χ0v) is 6.70. The molecule has 0 aliphatic carbocycles. The molecular formula is C7H9N3O2. The van der Waals surface area contributed by atoms with Crippen molar-refractivity contribution >= 4 is 5.95 Å². The largest absolute Gasteiger partial charge is 0.490 e. The summed E-state index contributed by atoms with van der Waals surface area (Å²) in [6.07, 6.45) is 1.44. The molecule has 12 heavy (non-hydrogen) atoms. The summed E-state index contributed by atoms with van der Waals surface area (Å²) in [4.78, 5) is 15.5. The van der Waals surface area contributed by atoms with Gasteiger partial charge in [0.05, 0.1) is 13.3 Å². The Kier molecular flexibility index (Phi) is 1.49. The lowest BCUT2D eigenvalue weighted by molar-refractivity contribution is 0.402. The first-order valence-electron chi connectivity index (χ1n) is 3.70. The first-order valence-corrected chi connectivity index (χ1v) is 3.70. The SMILES string of the molecule is COc1cnc2n(c1=O)CCN2. The molecule has 2 heterocycles. The number of rotatable bonds is 1. The van der Waals surface area contributed by atoms with Crippen LogP contribution in [0.4, 0.5) is 5.95 Å². The Morgan fingerprint density at radius 1 is 1.75 bits per heavy atom. The normalized spacial score (nSPS) is 13.8. The van der Waals surface area contributed by atoms with Crippen LogP contribution < -0.4 is 15.6 Å². The smallest absolute Gasteiger partial charge is 0.297 e. The Bertz CT molecular complexity index is 358. The summed E-state index contributed by atoms with van der Waals surface area (Å²) in [5.74, 6) is 0.920. The molecule has 0 saturated carbocycles. The molecule has 0 spiro atoms. The van der Waals surface area contributed by atoms with Gasteiger partial charge in [-0.15, -0.1) is 0 Å². The molecule has 0 aromatic carbocycles. The van der Waals surface area contributed by atoms with Crippen LogP contribution in [0.25, 0.3) is 0 Å². The maximum atomic E-state index is 11.4. The molecule has 0 atom stereocenters. The van der Waals surface area contributed by atoms with Crippen molar-refractivity contribution in [2.75, 3.05) is 19.0 Å². The van der Waals surface area contributed by atoms with Gasteiger partial charge >= 0.3 is 0 Å². The fraction of sp³-hybridized carbons (Fsp3) is 0.429. The molecule has 5 nitrogen and oxygen atoms in total. The Balaban J connectivity index is 2.62. The molecular weight excluding hydrogens is 158 g/mol. The standard InChI is InChI=1S/C7H9N3O2/c1-12-5-4-9-7-8-2-3-10(7)6(5)11/h4H,2-3H2,1H3,(H,8,9). The second kappa shape index (κ2) is 2.51. The lowest BCUT2D eigenvalue weighted by atomic mass is 10.5. The Hall–Kier alpha value is -1.52. The van der Waals surface area contributed by atoms with Crippen LogP contribution in [0.15, 0.2) is 11.0 Å². The van der Waals surface area contributed by atoms with E-state index in [1.165, 1.54) is 13.3 Å². The van der Waals surface area contributed by atoms with Crippen LogP contribution in [0.5, 0.6) is 5.75 Å². The second-order valence-corrected chi connectivity index (χ2v) is 2.53. The molecule has 1 aromatic rings. The molecule has 1 aromatic heterocycles. The molecule has 0 amide bonds. The fourth-order valence-corrected chi connectivity index (χ4v) is 1.24. The molecule has 0 fully saturated rings. The highest BCUT2D eigenvalue weighted by molar-refractivity contribution is 5.32. The van der Waals surface area contributed by atoms with Gasteiger partial charge in [-0.2, -0.15) is 0 Å². The number of methoxy groups -OCH3 is 1. The van der Waals surface area contributed by atoms with Gasteiger partial charge in [-0.25, -0.2) is 4.98 Å². The third-order valence-electron chi connectivity index (χ3n) is 1.85. The first kappa shape index (κ1) is 7.15. The maximum absolute atomic E-state index is 11.4. The molecule has 5 heteroatoms. The van der Waals surface area contributed by atoms with E-state index in [0.717, 1.165) is 6.54 Å². The predicted molar refractivity (Wildman–Crippen MR) is 43.5 cm³/mol. The van der Waals surface area contributed by atoms with Crippen LogP contribution in [0.3, 0.4) is 0 Å². The average Bonchev–Trinajstić information content (AvgIpc) is 2.53. The summed E-state index contributed by atoms with van der Waals surface area (Å²) in [7, 11) is 1.47. The van der Waals surface area contributed by atoms with Crippen LogP contribution >= 0.6 is 0 Å². The van der Waals surface area contributed by atoms with Crippen molar-refractivity contribution in [2.24, 2.45) is 0 Å². The number of hydrogen-bond donors (Lipinski definition) is 1. The monoisotopic (exact) mass is 167 g/mol. The van der Waals surface area contributed by atoms with Crippen molar-refractivity contribution in [3.63, 3.8) is 0 Å². The van der Waals surface area contributed by atoms with Gasteiger partial charge in [0.1, 0.15) is 0 Å². The first-order chi connectivity index (χ1) is 5.83. The van der Waals surface area contributed by atoms with Crippen molar-refractivity contribution in [3.05, 3.63) is 16.6 Å². The van der Waals surface area contributed by atoms with E-state index in [1.54, 1.807) is 4.57 Å². The van der Waals surface area contributed by atoms with E-state index in [1.807, 2.05) is 0 Å². The summed E-state index contributed by atoms with van der Waals surface area (Å²) in [5.41, 5.74) is -0.118. The van der Waals surface area contributed by atoms with Crippen molar-refractivity contribution in [1.82, 2.24) is 9.55 Å². The highest BCUT2D eigenvalue weighted by atomic mass is 16.5. The minimum Gasteiger partial charge on any atom is -0.490 e. The molecule has 0 unspecified atom stereocenters. The topological polar surface area (TPSA) is 56.2 Å². The number of hydrogen-bond acceptors (Lipinski definition) is 4. The summed E-state index contributed by atoms with van der Waals surface area (Å²) in [6, 6.07) is 0. The maximum Gasteiger partial charge on any atom is 0.297 e. The molecule has 1 aliphatic rings. The summed E-state index contributed by atoms with van der Waals surface area (Å²) < 4.78 is 6.41. The van der Waals surface area contributed by atoms with Crippen molar-refractivity contribution in [1.29, 1.82) is 0 Å². The van der Waals surface area contributed by atoms with Crippen molar-refractivity contribution < 1.29 is 4.74 Å². The fourth-order valence-electron chi connectivity index (χ4n) is 1.24. The summed E-state index contributed by atoms with van der Waals surface area (Å²) >= 11 is 0. The molecule has 0 radical (unpaired) electrons. The molecule has 0 bridgehead atoms. The van der Waals surface area contributed by atoms with E-state index < -0.39 is 0 Å². The van der Waals surface area contributed by atoms with Crippen LogP contribution in [0, 0.1) is 0 Å². The zero-order valence-electron chi connectivity index (χ0n) is 6.70. The van der Waals surface area contributed by atoms with E-state index in [4.69, 9.17) is 4.74 Å². The third kappa shape index (κ3) is 0.861. The van der Waals surface area contributed by atoms with Gasteiger partial charge in [-0.3, -0.25) is 9.36 Å². The van der Waals surface area contributed by atoms with E-state index in [9.17, 15) is 4.79 Å². The van der Waals surface area contributed by atoms with Crippen LogP contribution in [-0.4, -0.2) is 23.2 Å². The van der Waals surface area contributed by atoms with Crippen LogP contribution in [0.1, 0.15) is 0 Å². The zero-order chi connectivity index (χ0) is 8.55. The van der Waals surface area contributed by atoms with Gasteiger partial charge in [0.25, 0.3) is 5.56 Å². The van der Waals surface area contributed by atoms with Gasteiger partial charge in [0, 0.05) is 13.1 Å². The van der Waals surface area contributed by atoms with Crippen LogP contribution in [-0.2, 0) is 6.54 Å². The molecule has 1 aliphatic heterocycles. The lowest BCUT2D eigenvalue weighted by Crippen LogP contribution is -2.19. The molecule has 0 saturated heterocycles. The minimum atomic E-state index is -0.118. The molecule has 64 valence electrons. The van der Waals surface area contributed by atoms with Crippen molar-refractivity contribution in [2.45, 2.75) is 6.54 Å². The number of nitrogens with zero attached hydrogens (tertiary/aromatic N) is 2. The van der Waals surface area contributed by atoms with Gasteiger partial charge in [-0.1, -0.05) is 0 Å². The Morgan fingerprint density at radius 2 is 2.58 bits per heavy atom. The highest BCUT2D eigenvalue weighted by Crippen LogP contribution is 2.09. The third-order valence-corrected chi connectivity index (χ3v) is 1.85. The number of aromatic nitrogens is 2. The molecule has 1 N–H and O–H groups in total.